The maximum Gasteiger partial charge on any atom is 0.168 e. The Morgan fingerprint density at radius 1 is 1.33 bits per heavy atom. The number of carbonyl (C=O) groups excluding carboxylic acids is 1. The van der Waals surface area contributed by atoms with Gasteiger partial charge in [0, 0.05) is 6.61 Å². The quantitative estimate of drug-likeness (QED) is 0.464. The summed E-state index contributed by atoms with van der Waals surface area (Å²) in [6.45, 7) is 6.75. The molecular weight excluding hydrogens is 232 g/mol. The first-order valence-corrected chi connectivity index (χ1v) is 6.04. The zero-order chi connectivity index (χ0) is 13.7. The van der Waals surface area contributed by atoms with E-state index in [0.717, 1.165) is 6.42 Å². The lowest BCUT2D eigenvalue weighted by molar-refractivity contribution is 0.105. The van der Waals surface area contributed by atoms with Crippen LogP contribution in [0.25, 0.3) is 0 Å². The molecule has 1 aromatic carbocycles. The highest BCUT2D eigenvalue weighted by atomic mass is 16.5. The van der Waals surface area contributed by atoms with Crippen LogP contribution in [0.4, 0.5) is 0 Å². The molecule has 2 N–H and O–H groups in total. The highest BCUT2D eigenvalue weighted by Crippen LogP contribution is 2.34. The molecule has 0 aliphatic rings. The molecule has 0 aromatic heterocycles. The molecule has 4 nitrogen and oxygen atoms in total. The molecule has 4 heteroatoms. The highest BCUT2D eigenvalue weighted by molar-refractivity contribution is 5.83. The molecule has 0 atom stereocenters. The Morgan fingerprint density at radius 2 is 2.00 bits per heavy atom. The Labute approximate surface area is 107 Å². The smallest absolute Gasteiger partial charge is 0.168 e. The number of hydrogen-bond donors (Lipinski definition) is 2. The Balaban J connectivity index is 2.79. The number of benzene rings is 1. The molecule has 0 saturated carbocycles. The molecule has 100 valence electrons. The van der Waals surface area contributed by atoms with Crippen LogP contribution in [0.1, 0.15) is 41.8 Å². The third-order valence-electron chi connectivity index (χ3n) is 2.80. The van der Waals surface area contributed by atoms with Crippen LogP contribution < -0.4 is 0 Å². The Kier molecular flexibility index (Phi) is 5.16. The van der Waals surface area contributed by atoms with Gasteiger partial charge in [0.15, 0.2) is 17.8 Å². The van der Waals surface area contributed by atoms with Crippen LogP contribution in [0.15, 0.2) is 6.07 Å². The van der Waals surface area contributed by atoms with Crippen LogP contribution in [0.5, 0.6) is 11.5 Å². The summed E-state index contributed by atoms with van der Waals surface area (Å²) in [5.74, 6) is -0.0546. The van der Waals surface area contributed by atoms with Gasteiger partial charge in [0.05, 0.1) is 12.2 Å². The van der Waals surface area contributed by atoms with Gasteiger partial charge >= 0.3 is 0 Å². The molecular formula is C14H20O4. The van der Waals surface area contributed by atoms with Gasteiger partial charge in [0.1, 0.15) is 0 Å². The minimum absolute atomic E-state index is 0.0997. The van der Waals surface area contributed by atoms with Crippen LogP contribution >= 0.6 is 0 Å². The summed E-state index contributed by atoms with van der Waals surface area (Å²) in [6.07, 6.45) is 1.48. The maximum atomic E-state index is 10.9. The van der Waals surface area contributed by atoms with Gasteiger partial charge < -0.3 is 14.9 Å². The van der Waals surface area contributed by atoms with E-state index in [2.05, 4.69) is 13.8 Å². The molecule has 18 heavy (non-hydrogen) atoms. The van der Waals surface area contributed by atoms with Crippen molar-refractivity contribution in [3.8, 4) is 11.5 Å². The summed E-state index contributed by atoms with van der Waals surface area (Å²) in [4.78, 5) is 10.9. The first kappa shape index (κ1) is 14.5. The molecule has 0 unspecified atom stereocenters. The van der Waals surface area contributed by atoms with Gasteiger partial charge in [-0.1, -0.05) is 13.8 Å². The molecule has 1 aromatic rings. The van der Waals surface area contributed by atoms with Crippen LogP contribution in [0.2, 0.25) is 0 Å². The van der Waals surface area contributed by atoms with Gasteiger partial charge in [-0.3, -0.25) is 4.79 Å². The number of aryl methyl sites for hydroxylation is 1. The maximum absolute atomic E-state index is 10.9. The third-order valence-corrected chi connectivity index (χ3v) is 2.80. The fraction of sp³-hybridized carbons (Fsp3) is 0.500. The topological polar surface area (TPSA) is 66.8 Å². The number of carbonyl (C=O) groups is 1. The van der Waals surface area contributed by atoms with Gasteiger partial charge in [0.25, 0.3) is 0 Å². The van der Waals surface area contributed by atoms with Crippen LogP contribution in [-0.4, -0.2) is 23.1 Å². The van der Waals surface area contributed by atoms with Crippen molar-refractivity contribution in [3.05, 3.63) is 22.8 Å². The zero-order valence-electron chi connectivity index (χ0n) is 11.1. The van der Waals surface area contributed by atoms with Gasteiger partial charge in [0.2, 0.25) is 0 Å². The largest absolute Gasteiger partial charge is 0.504 e. The zero-order valence-corrected chi connectivity index (χ0v) is 11.1. The van der Waals surface area contributed by atoms with Crippen molar-refractivity contribution in [1.82, 2.24) is 0 Å². The molecule has 0 bridgehead atoms. The highest BCUT2D eigenvalue weighted by Gasteiger charge is 2.14. The van der Waals surface area contributed by atoms with Crippen molar-refractivity contribution in [3.63, 3.8) is 0 Å². The second-order valence-corrected chi connectivity index (χ2v) is 4.82. The Morgan fingerprint density at radius 3 is 2.56 bits per heavy atom. The van der Waals surface area contributed by atoms with Crippen LogP contribution in [0, 0.1) is 12.8 Å². The van der Waals surface area contributed by atoms with Gasteiger partial charge in [-0.15, -0.1) is 0 Å². The predicted octanol–water partition coefficient (Wildman–Crippen LogP) is 2.78. The van der Waals surface area contributed by atoms with E-state index in [-0.39, 0.29) is 23.7 Å². The summed E-state index contributed by atoms with van der Waals surface area (Å²) in [5, 5.41) is 19.2. The second-order valence-electron chi connectivity index (χ2n) is 4.82. The van der Waals surface area contributed by atoms with Crippen molar-refractivity contribution in [2.75, 3.05) is 6.61 Å². The van der Waals surface area contributed by atoms with E-state index in [0.29, 0.717) is 29.9 Å². The van der Waals surface area contributed by atoms with E-state index in [4.69, 9.17) is 4.74 Å². The fourth-order valence-corrected chi connectivity index (χ4v) is 1.63. The summed E-state index contributed by atoms with van der Waals surface area (Å²) in [7, 11) is 0. The van der Waals surface area contributed by atoms with Gasteiger partial charge in [-0.25, -0.2) is 0 Å². The molecule has 0 aliphatic heterocycles. The number of aldehydes is 1. The van der Waals surface area contributed by atoms with Crippen LogP contribution in [0.3, 0.4) is 0 Å². The molecule has 0 spiro atoms. The SMILES string of the molecule is Cc1cc(COCCC(C)C)c(C=O)c(O)c1O. The number of rotatable bonds is 6. The lowest BCUT2D eigenvalue weighted by Crippen LogP contribution is -2.02. The number of phenolic OH excluding ortho intramolecular Hbond substituents is 2. The third kappa shape index (κ3) is 3.47. The summed E-state index contributed by atoms with van der Waals surface area (Å²) in [6, 6.07) is 1.66. The fourth-order valence-electron chi connectivity index (χ4n) is 1.63. The molecule has 0 saturated heterocycles. The average Bonchev–Trinajstić information content (AvgIpc) is 2.32. The number of ether oxygens (including phenoxy) is 1. The van der Waals surface area contributed by atoms with Crippen molar-refractivity contribution >= 4 is 6.29 Å². The minimum Gasteiger partial charge on any atom is -0.504 e. The predicted molar refractivity (Wildman–Crippen MR) is 69.0 cm³/mol. The van der Waals surface area contributed by atoms with Gasteiger partial charge in [-0.2, -0.15) is 0 Å². The van der Waals surface area contributed by atoms with Crippen molar-refractivity contribution in [2.24, 2.45) is 5.92 Å². The Bertz CT molecular complexity index is 424. The molecule has 0 radical (unpaired) electrons. The van der Waals surface area contributed by atoms with Crippen molar-refractivity contribution in [1.29, 1.82) is 0 Å². The van der Waals surface area contributed by atoms with E-state index in [1.165, 1.54) is 0 Å². The monoisotopic (exact) mass is 252 g/mol. The van der Waals surface area contributed by atoms with Crippen molar-refractivity contribution in [2.45, 2.75) is 33.8 Å². The standard InChI is InChI=1S/C14H20O4/c1-9(2)4-5-18-8-11-6-10(3)13(16)14(17)12(11)7-15/h6-7,9,16-17H,4-5,8H2,1-3H3. The summed E-state index contributed by atoms with van der Waals surface area (Å²) < 4.78 is 5.47. The normalized spacial score (nSPS) is 10.9. The summed E-state index contributed by atoms with van der Waals surface area (Å²) >= 11 is 0. The molecule has 1 rings (SSSR count). The lowest BCUT2D eigenvalue weighted by Gasteiger charge is -2.12. The number of phenols is 2. The van der Waals surface area contributed by atoms with E-state index in [1.807, 2.05) is 0 Å². The lowest BCUT2D eigenvalue weighted by atomic mass is 10.0. The molecule has 0 fully saturated rings. The average molecular weight is 252 g/mol. The van der Waals surface area contributed by atoms with E-state index in [1.54, 1.807) is 13.0 Å². The first-order chi connectivity index (χ1) is 8.47. The van der Waals surface area contributed by atoms with E-state index >= 15 is 0 Å². The van der Waals surface area contributed by atoms with Crippen molar-refractivity contribution < 1.29 is 19.7 Å². The van der Waals surface area contributed by atoms with Gasteiger partial charge in [-0.05, 0) is 36.5 Å². The minimum atomic E-state index is -0.368. The Hall–Kier alpha value is -1.55. The van der Waals surface area contributed by atoms with E-state index in [9.17, 15) is 15.0 Å². The molecule has 0 aliphatic carbocycles. The first-order valence-electron chi connectivity index (χ1n) is 6.04. The summed E-state index contributed by atoms with van der Waals surface area (Å²) in [5.41, 5.74) is 1.23. The van der Waals surface area contributed by atoms with E-state index < -0.39 is 0 Å². The number of aromatic hydroxyl groups is 2. The van der Waals surface area contributed by atoms with Crippen LogP contribution in [-0.2, 0) is 11.3 Å². The molecule has 0 heterocycles. The molecule has 0 amide bonds. The number of hydrogen-bond acceptors (Lipinski definition) is 4. The second kappa shape index (κ2) is 6.40.